The maximum absolute atomic E-state index is 11.2. The van der Waals surface area contributed by atoms with Crippen LogP contribution in [0.3, 0.4) is 0 Å². The number of primary amides is 1. The zero-order valence-electron chi connectivity index (χ0n) is 13.2. The first-order valence-electron chi connectivity index (χ1n) is 7.15. The monoisotopic (exact) mass is 330 g/mol. The minimum Gasteiger partial charge on any atom is -0.375 e. The zero-order chi connectivity index (χ0) is 16.8. The lowest BCUT2D eigenvalue weighted by Crippen LogP contribution is -2.24. The number of amides is 1. The number of hydrogen-bond acceptors (Lipinski definition) is 6. The summed E-state index contributed by atoms with van der Waals surface area (Å²) >= 11 is 1.44. The van der Waals surface area contributed by atoms with E-state index in [1.54, 1.807) is 0 Å². The van der Waals surface area contributed by atoms with Crippen molar-refractivity contribution in [1.82, 2.24) is 19.7 Å². The molecule has 3 rings (SSSR count). The molecule has 0 atom stereocenters. The number of nitrogen functional groups attached to an aromatic ring is 1. The first kappa shape index (κ1) is 15.4. The Bertz CT molecular complexity index is 889. The fourth-order valence-electron chi connectivity index (χ4n) is 2.32. The van der Waals surface area contributed by atoms with Crippen molar-refractivity contribution in [3.8, 4) is 11.4 Å². The molecule has 4 N–H and O–H groups in total. The molecular formula is C15H18N6OS. The summed E-state index contributed by atoms with van der Waals surface area (Å²) in [6.45, 7) is 6.08. The summed E-state index contributed by atoms with van der Waals surface area (Å²) in [5.74, 6) is 0.646. The largest absolute Gasteiger partial charge is 0.375 e. The lowest BCUT2D eigenvalue weighted by Gasteiger charge is -2.21. The van der Waals surface area contributed by atoms with Gasteiger partial charge in [-0.3, -0.25) is 4.79 Å². The van der Waals surface area contributed by atoms with Gasteiger partial charge >= 0.3 is 0 Å². The van der Waals surface area contributed by atoms with E-state index < -0.39 is 5.91 Å². The minimum absolute atomic E-state index is 0.0158. The van der Waals surface area contributed by atoms with E-state index in [9.17, 15) is 4.79 Å². The molecule has 0 unspecified atom stereocenters. The predicted molar refractivity (Wildman–Crippen MR) is 90.9 cm³/mol. The molecule has 23 heavy (non-hydrogen) atoms. The van der Waals surface area contributed by atoms with Gasteiger partial charge in [0.05, 0.1) is 22.2 Å². The van der Waals surface area contributed by atoms with E-state index in [1.165, 1.54) is 11.3 Å². The number of nitrogens with two attached hydrogens (primary N) is 2. The van der Waals surface area contributed by atoms with E-state index >= 15 is 0 Å². The fourth-order valence-corrected chi connectivity index (χ4v) is 3.04. The number of fused-ring (bicyclic) bond motifs is 1. The second kappa shape index (κ2) is 5.31. The summed E-state index contributed by atoms with van der Waals surface area (Å²) in [7, 11) is 0. The topological polar surface area (TPSA) is 113 Å². The van der Waals surface area contributed by atoms with E-state index in [2.05, 4.69) is 15.1 Å². The van der Waals surface area contributed by atoms with Gasteiger partial charge in [0, 0.05) is 5.56 Å². The molecule has 8 heteroatoms. The van der Waals surface area contributed by atoms with Crippen LogP contribution in [0.4, 0.5) is 5.13 Å². The third-order valence-corrected chi connectivity index (χ3v) is 4.15. The summed E-state index contributed by atoms with van der Waals surface area (Å²) < 4.78 is 2.83. The maximum atomic E-state index is 11.2. The highest BCUT2D eigenvalue weighted by Gasteiger charge is 2.23. The van der Waals surface area contributed by atoms with Gasteiger partial charge < -0.3 is 11.5 Å². The smallest absolute Gasteiger partial charge is 0.225 e. The van der Waals surface area contributed by atoms with Gasteiger partial charge in [0.25, 0.3) is 0 Å². The van der Waals surface area contributed by atoms with E-state index in [0.29, 0.717) is 16.8 Å². The molecular weight excluding hydrogens is 312 g/mol. The molecule has 120 valence electrons. The highest BCUT2D eigenvalue weighted by molar-refractivity contribution is 7.22. The molecule has 0 aliphatic heterocycles. The number of nitrogens with zero attached hydrogens (tertiary/aromatic N) is 4. The first-order valence-corrected chi connectivity index (χ1v) is 7.97. The Morgan fingerprint density at radius 2 is 2.04 bits per heavy atom. The number of anilines is 1. The van der Waals surface area contributed by atoms with Gasteiger partial charge in [-0.05, 0) is 39.0 Å². The van der Waals surface area contributed by atoms with Gasteiger partial charge in [-0.1, -0.05) is 11.3 Å². The Hall–Kier alpha value is -2.48. The van der Waals surface area contributed by atoms with Crippen LogP contribution in [0.2, 0.25) is 0 Å². The van der Waals surface area contributed by atoms with Crippen LogP contribution >= 0.6 is 11.3 Å². The van der Waals surface area contributed by atoms with Gasteiger partial charge in [0.1, 0.15) is 0 Å². The summed E-state index contributed by atoms with van der Waals surface area (Å²) in [5, 5.41) is 4.98. The van der Waals surface area contributed by atoms with Crippen LogP contribution < -0.4 is 11.5 Å². The molecule has 2 heterocycles. The number of aromatic nitrogens is 4. The van der Waals surface area contributed by atoms with Crippen molar-refractivity contribution in [2.45, 2.75) is 32.7 Å². The van der Waals surface area contributed by atoms with Crippen molar-refractivity contribution in [3.63, 3.8) is 0 Å². The van der Waals surface area contributed by atoms with Gasteiger partial charge in [0.2, 0.25) is 5.91 Å². The molecule has 0 radical (unpaired) electrons. The van der Waals surface area contributed by atoms with Crippen LogP contribution in [0.15, 0.2) is 18.2 Å². The van der Waals surface area contributed by atoms with Gasteiger partial charge in [0.15, 0.2) is 16.8 Å². The lowest BCUT2D eigenvalue weighted by atomic mass is 10.1. The third kappa shape index (κ3) is 3.02. The molecule has 3 aromatic rings. The number of hydrogen-bond donors (Lipinski definition) is 2. The number of carbonyl (C=O) groups excluding carboxylic acids is 1. The second-order valence-electron chi connectivity index (χ2n) is 6.31. The van der Waals surface area contributed by atoms with Crippen LogP contribution in [-0.4, -0.2) is 25.7 Å². The van der Waals surface area contributed by atoms with Crippen molar-refractivity contribution in [3.05, 3.63) is 24.0 Å². The Morgan fingerprint density at radius 1 is 1.30 bits per heavy atom. The highest BCUT2D eigenvalue weighted by atomic mass is 32.1. The molecule has 0 fully saturated rings. The molecule has 0 spiro atoms. The van der Waals surface area contributed by atoms with Crippen LogP contribution in [0.1, 0.15) is 26.6 Å². The van der Waals surface area contributed by atoms with Crippen molar-refractivity contribution >= 4 is 32.6 Å². The lowest BCUT2D eigenvalue weighted by molar-refractivity contribution is -0.117. The number of carbonyl (C=O) groups is 1. The molecule has 1 amide bonds. The van der Waals surface area contributed by atoms with Crippen molar-refractivity contribution in [2.24, 2.45) is 5.73 Å². The Morgan fingerprint density at radius 3 is 2.70 bits per heavy atom. The fraction of sp³-hybridized carbons (Fsp3) is 0.333. The second-order valence-corrected chi connectivity index (χ2v) is 7.37. The van der Waals surface area contributed by atoms with Crippen molar-refractivity contribution < 1.29 is 4.79 Å². The minimum atomic E-state index is -0.453. The summed E-state index contributed by atoms with van der Waals surface area (Å²) in [5.41, 5.74) is 12.4. The van der Waals surface area contributed by atoms with Gasteiger partial charge in [-0.15, -0.1) is 0 Å². The average molecular weight is 330 g/mol. The first-order chi connectivity index (χ1) is 10.7. The molecule has 2 aromatic heterocycles. The highest BCUT2D eigenvalue weighted by Crippen LogP contribution is 2.30. The molecule has 0 saturated heterocycles. The molecule has 7 nitrogen and oxygen atoms in total. The van der Waals surface area contributed by atoms with E-state index in [4.69, 9.17) is 11.5 Å². The summed E-state index contributed by atoms with van der Waals surface area (Å²) in [6.07, 6.45) is 0.0158. The standard InChI is InChI=1S/C15H18N6OS/c1-15(2,3)21-13(19-12(20-21)7-11(16)22)8-4-5-10-9(6-8)18-14(17)23-10/h4-6H,7H2,1-3H3,(H2,16,22)(H2,17,18). The van der Waals surface area contributed by atoms with Crippen LogP contribution in [0, 0.1) is 0 Å². The quantitative estimate of drug-likeness (QED) is 0.761. The number of rotatable bonds is 3. The zero-order valence-corrected chi connectivity index (χ0v) is 14.0. The summed E-state index contributed by atoms with van der Waals surface area (Å²) in [6, 6.07) is 5.86. The summed E-state index contributed by atoms with van der Waals surface area (Å²) in [4.78, 5) is 20.0. The molecule has 0 bridgehead atoms. The predicted octanol–water partition coefficient (Wildman–Crippen LogP) is 1.92. The SMILES string of the molecule is CC(C)(C)n1nc(CC(N)=O)nc1-c1ccc2sc(N)nc2c1. The number of benzene rings is 1. The molecule has 1 aromatic carbocycles. The van der Waals surface area contributed by atoms with E-state index in [1.807, 2.05) is 43.7 Å². The van der Waals surface area contributed by atoms with E-state index in [0.717, 1.165) is 15.8 Å². The van der Waals surface area contributed by atoms with Crippen molar-refractivity contribution in [2.75, 3.05) is 5.73 Å². The van der Waals surface area contributed by atoms with E-state index in [-0.39, 0.29) is 12.0 Å². The van der Waals surface area contributed by atoms with Crippen LogP contribution in [0.25, 0.3) is 21.6 Å². The average Bonchev–Trinajstić information content (AvgIpc) is 2.98. The Balaban J connectivity index is 2.15. The molecule has 0 aliphatic rings. The normalized spacial score (nSPS) is 12.0. The third-order valence-electron chi connectivity index (χ3n) is 3.28. The Labute approximate surface area is 137 Å². The van der Waals surface area contributed by atoms with Crippen LogP contribution in [-0.2, 0) is 16.8 Å². The maximum Gasteiger partial charge on any atom is 0.225 e. The Kier molecular flexibility index (Phi) is 3.56. The number of thiazole rings is 1. The molecule has 0 saturated carbocycles. The van der Waals surface area contributed by atoms with Gasteiger partial charge in [-0.25, -0.2) is 14.6 Å². The van der Waals surface area contributed by atoms with Crippen LogP contribution in [0.5, 0.6) is 0 Å². The molecule has 0 aliphatic carbocycles. The van der Waals surface area contributed by atoms with Gasteiger partial charge in [-0.2, -0.15) is 5.10 Å². The van der Waals surface area contributed by atoms with Crippen molar-refractivity contribution in [1.29, 1.82) is 0 Å².